The summed E-state index contributed by atoms with van der Waals surface area (Å²) in [5.74, 6) is -0.493. The van der Waals surface area contributed by atoms with Crippen molar-refractivity contribution in [3.63, 3.8) is 0 Å². The van der Waals surface area contributed by atoms with Crippen molar-refractivity contribution in [1.29, 1.82) is 0 Å². The second-order valence-corrected chi connectivity index (χ2v) is 8.41. The lowest BCUT2D eigenvalue weighted by atomic mass is 10.1. The molecule has 2 amide bonds. The van der Waals surface area contributed by atoms with Crippen LogP contribution in [0.2, 0.25) is 0 Å². The molecule has 0 fully saturated rings. The SMILES string of the molecule is COc1ccc2c(c1)c(=O)c(C(=O)Nc1nc3ccccc3s1)cn2CCCCC(=O)NO. The number of carbonyl (C=O) groups is 2. The highest BCUT2D eigenvalue weighted by atomic mass is 32.1. The number of rotatable bonds is 8. The number of fused-ring (bicyclic) bond motifs is 2. The van der Waals surface area contributed by atoms with Crippen LogP contribution in [0.1, 0.15) is 29.6 Å². The first-order valence-electron chi connectivity index (χ1n) is 10.3. The van der Waals surface area contributed by atoms with Gasteiger partial charge >= 0.3 is 0 Å². The van der Waals surface area contributed by atoms with Crippen molar-refractivity contribution in [2.24, 2.45) is 0 Å². The summed E-state index contributed by atoms with van der Waals surface area (Å²) in [6, 6.07) is 12.7. The van der Waals surface area contributed by atoms with Gasteiger partial charge in [-0.1, -0.05) is 23.5 Å². The van der Waals surface area contributed by atoms with Gasteiger partial charge in [-0.05, 0) is 43.2 Å². The third-order valence-electron chi connectivity index (χ3n) is 5.22. The van der Waals surface area contributed by atoms with Crippen LogP contribution in [0.5, 0.6) is 5.75 Å². The van der Waals surface area contributed by atoms with E-state index < -0.39 is 17.2 Å². The Morgan fingerprint density at radius 1 is 1.18 bits per heavy atom. The number of hydrogen-bond acceptors (Lipinski definition) is 7. The zero-order valence-electron chi connectivity index (χ0n) is 17.8. The first kappa shape index (κ1) is 22.4. The summed E-state index contributed by atoms with van der Waals surface area (Å²) in [6.45, 7) is 0.475. The summed E-state index contributed by atoms with van der Waals surface area (Å²) in [6.07, 6.45) is 2.85. The number of anilines is 1. The van der Waals surface area contributed by atoms with E-state index in [1.165, 1.54) is 24.6 Å². The number of benzene rings is 2. The largest absolute Gasteiger partial charge is 0.497 e. The zero-order chi connectivity index (χ0) is 23.4. The van der Waals surface area contributed by atoms with Crippen molar-refractivity contribution < 1.29 is 19.5 Å². The van der Waals surface area contributed by atoms with Gasteiger partial charge < -0.3 is 9.30 Å². The summed E-state index contributed by atoms with van der Waals surface area (Å²) < 4.78 is 8.01. The van der Waals surface area contributed by atoms with Crippen molar-refractivity contribution >= 4 is 49.4 Å². The molecule has 0 radical (unpaired) electrons. The van der Waals surface area contributed by atoms with Gasteiger partial charge in [0.05, 0.1) is 28.2 Å². The molecule has 0 aliphatic heterocycles. The normalized spacial score (nSPS) is 11.0. The molecule has 4 rings (SSSR count). The van der Waals surface area contributed by atoms with Crippen LogP contribution in [0.15, 0.2) is 53.5 Å². The van der Waals surface area contributed by atoms with E-state index in [0.717, 1.165) is 10.2 Å². The number of hydroxylamine groups is 1. The standard InChI is InChI=1S/C23H22N4O5S/c1-32-14-9-10-18-15(12-14)21(29)16(13-27(18)11-5-4-8-20(28)26-31)22(30)25-23-24-17-6-2-3-7-19(17)33-23/h2-3,6-7,9-10,12-13,31H,4-5,8,11H2,1H3,(H,26,28)(H,24,25,30). The number of pyridine rings is 1. The van der Waals surface area contributed by atoms with E-state index in [1.54, 1.807) is 23.7 Å². The van der Waals surface area contributed by atoms with Crippen LogP contribution >= 0.6 is 11.3 Å². The zero-order valence-corrected chi connectivity index (χ0v) is 18.6. The number of amides is 2. The van der Waals surface area contributed by atoms with Gasteiger partial charge in [-0.25, -0.2) is 10.5 Å². The minimum atomic E-state index is -0.544. The summed E-state index contributed by atoms with van der Waals surface area (Å²) in [5, 5.41) is 12.1. The molecule has 170 valence electrons. The monoisotopic (exact) mass is 466 g/mol. The van der Waals surface area contributed by atoms with Gasteiger partial charge in [-0.3, -0.25) is 24.9 Å². The Hall–Kier alpha value is -3.76. The van der Waals surface area contributed by atoms with Crippen molar-refractivity contribution in [2.45, 2.75) is 25.8 Å². The molecule has 0 unspecified atom stereocenters. The fourth-order valence-electron chi connectivity index (χ4n) is 3.56. The third-order valence-corrected chi connectivity index (χ3v) is 6.18. The fourth-order valence-corrected chi connectivity index (χ4v) is 4.42. The fraction of sp³-hybridized carbons (Fsp3) is 0.217. The highest BCUT2D eigenvalue weighted by Crippen LogP contribution is 2.26. The van der Waals surface area contributed by atoms with Crippen LogP contribution in [0, 0.1) is 0 Å². The van der Waals surface area contributed by atoms with Gasteiger partial charge in [-0.2, -0.15) is 0 Å². The lowest BCUT2D eigenvalue weighted by Gasteiger charge is -2.14. The summed E-state index contributed by atoms with van der Waals surface area (Å²) in [4.78, 5) is 41.9. The van der Waals surface area contributed by atoms with E-state index in [2.05, 4.69) is 10.3 Å². The maximum atomic E-state index is 13.2. The van der Waals surface area contributed by atoms with Gasteiger partial charge in [0.15, 0.2) is 5.13 Å². The Balaban J connectivity index is 1.66. The molecule has 2 heterocycles. The Labute approximate surface area is 192 Å². The van der Waals surface area contributed by atoms with E-state index in [4.69, 9.17) is 9.94 Å². The van der Waals surface area contributed by atoms with E-state index in [-0.39, 0.29) is 12.0 Å². The average Bonchev–Trinajstić information content (AvgIpc) is 3.24. The Bertz CT molecular complexity index is 1360. The quantitative estimate of drug-likeness (QED) is 0.207. The van der Waals surface area contributed by atoms with E-state index in [0.29, 0.717) is 41.2 Å². The number of unbranched alkanes of at least 4 members (excludes halogenated alkanes) is 1. The maximum absolute atomic E-state index is 13.2. The minimum absolute atomic E-state index is 0.0110. The number of carbonyl (C=O) groups excluding carboxylic acids is 2. The van der Waals surface area contributed by atoms with Gasteiger partial charge in [0.2, 0.25) is 11.3 Å². The molecule has 2 aromatic carbocycles. The molecule has 0 saturated carbocycles. The van der Waals surface area contributed by atoms with Crippen molar-refractivity contribution in [2.75, 3.05) is 12.4 Å². The number of thiazole rings is 1. The molecule has 9 nitrogen and oxygen atoms in total. The van der Waals surface area contributed by atoms with Gasteiger partial charge in [0.25, 0.3) is 5.91 Å². The minimum Gasteiger partial charge on any atom is -0.497 e. The number of hydrogen-bond donors (Lipinski definition) is 3. The maximum Gasteiger partial charge on any atom is 0.262 e. The molecule has 33 heavy (non-hydrogen) atoms. The molecule has 0 aliphatic carbocycles. The highest BCUT2D eigenvalue weighted by Gasteiger charge is 2.18. The molecule has 0 saturated heterocycles. The van der Waals surface area contributed by atoms with Crippen LogP contribution < -0.4 is 21.0 Å². The van der Waals surface area contributed by atoms with Crippen LogP contribution in [0.3, 0.4) is 0 Å². The number of aromatic nitrogens is 2. The Morgan fingerprint density at radius 3 is 2.76 bits per heavy atom. The second-order valence-electron chi connectivity index (χ2n) is 7.38. The van der Waals surface area contributed by atoms with Crippen LogP contribution in [-0.2, 0) is 11.3 Å². The number of ether oxygens (including phenoxy) is 1. The third kappa shape index (κ3) is 4.86. The van der Waals surface area contributed by atoms with Crippen molar-refractivity contribution in [1.82, 2.24) is 15.0 Å². The number of para-hydroxylation sites is 1. The predicted octanol–water partition coefficient (Wildman–Crippen LogP) is 3.55. The molecule has 0 aliphatic rings. The van der Waals surface area contributed by atoms with E-state index in [9.17, 15) is 14.4 Å². The molecule has 0 bridgehead atoms. The number of nitrogens with zero attached hydrogens (tertiary/aromatic N) is 2. The summed E-state index contributed by atoms with van der Waals surface area (Å²) in [7, 11) is 1.51. The predicted molar refractivity (Wildman–Crippen MR) is 126 cm³/mol. The van der Waals surface area contributed by atoms with Gasteiger partial charge in [0, 0.05) is 19.2 Å². The molecule has 4 aromatic rings. The summed E-state index contributed by atoms with van der Waals surface area (Å²) >= 11 is 1.33. The topological polar surface area (TPSA) is 123 Å². The van der Waals surface area contributed by atoms with E-state index >= 15 is 0 Å². The average molecular weight is 467 g/mol. The summed E-state index contributed by atoms with van der Waals surface area (Å²) in [5.41, 5.74) is 2.62. The molecular formula is C23H22N4O5S. The molecule has 2 aromatic heterocycles. The molecule has 10 heteroatoms. The smallest absolute Gasteiger partial charge is 0.262 e. The van der Waals surface area contributed by atoms with Crippen LogP contribution in [0.25, 0.3) is 21.1 Å². The number of methoxy groups -OCH3 is 1. The Kier molecular flexibility index (Phi) is 6.66. The second kappa shape index (κ2) is 9.80. The highest BCUT2D eigenvalue weighted by molar-refractivity contribution is 7.22. The molecule has 3 N–H and O–H groups in total. The number of nitrogens with one attached hydrogen (secondary N) is 2. The first-order valence-corrected chi connectivity index (χ1v) is 11.1. The van der Waals surface area contributed by atoms with Crippen molar-refractivity contribution in [3.05, 3.63) is 64.4 Å². The lowest BCUT2D eigenvalue weighted by Crippen LogP contribution is -2.24. The van der Waals surface area contributed by atoms with Crippen LogP contribution in [0.4, 0.5) is 5.13 Å². The van der Waals surface area contributed by atoms with Gasteiger partial charge in [0.1, 0.15) is 11.3 Å². The van der Waals surface area contributed by atoms with Crippen LogP contribution in [-0.4, -0.2) is 33.7 Å². The van der Waals surface area contributed by atoms with E-state index in [1.807, 2.05) is 28.8 Å². The molecular weight excluding hydrogens is 444 g/mol. The van der Waals surface area contributed by atoms with Crippen molar-refractivity contribution in [3.8, 4) is 5.75 Å². The Morgan fingerprint density at radius 2 is 2.00 bits per heavy atom. The molecule has 0 atom stereocenters. The molecule has 0 spiro atoms. The first-order chi connectivity index (χ1) is 16.0. The lowest BCUT2D eigenvalue weighted by molar-refractivity contribution is -0.129. The van der Waals surface area contributed by atoms with Gasteiger partial charge in [-0.15, -0.1) is 0 Å². The number of aryl methyl sites for hydroxylation is 1.